The summed E-state index contributed by atoms with van der Waals surface area (Å²) in [7, 11) is -4.09. The molecule has 2 heterocycles. The van der Waals surface area contributed by atoms with E-state index in [1.165, 1.54) is 10.4 Å². The third kappa shape index (κ3) is 6.41. The molecule has 0 spiro atoms. The van der Waals surface area contributed by atoms with Gasteiger partial charge in [0.15, 0.2) is 0 Å². The maximum absolute atomic E-state index is 13.5. The monoisotopic (exact) mass is 531 g/mol. The van der Waals surface area contributed by atoms with E-state index in [4.69, 9.17) is 4.74 Å². The first kappa shape index (κ1) is 27.3. The third-order valence-electron chi connectivity index (χ3n) is 7.41. The highest BCUT2D eigenvalue weighted by Gasteiger charge is 2.44. The zero-order chi connectivity index (χ0) is 25.9. The van der Waals surface area contributed by atoms with Crippen LogP contribution in [0.15, 0.2) is 29.2 Å². The lowest BCUT2D eigenvalue weighted by Crippen LogP contribution is -2.51. The molecule has 2 saturated heterocycles. The summed E-state index contributed by atoms with van der Waals surface area (Å²) in [4.78, 5) is 17.0. The number of carbonyl (C=O) groups excluding carboxylic acids is 1. The second-order valence-electron chi connectivity index (χ2n) is 10.00. The molecule has 0 aromatic heterocycles. The van der Waals surface area contributed by atoms with Crippen molar-refractivity contribution in [3.8, 4) is 0 Å². The standard InChI is InChI=1S/C25H36F3N3O4S/c1-2-4-22(29-13-15-35-16-14-29)18-24(32)30-11-9-21(10-12-30)31(20-7-8-20)36(33,34)23-6-3-5-19(17-23)25(26,27)28/h3,5-6,17,20-22H,2,4,7-16,18H2,1H3. The first-order valence-electron chi connectivity index (χ1n) is 12.9. The lowest BCUT2D eigenvalue weighted by molar-refractivity contribution is -0.137. The number of rotatable bonds is 9. The Bertz CT molecular complexity index is 1000. The second-order valence-corrected chi connectivity index (χ2v) is 11.8. The first-order chi connectivity index (χ1) is 17.1. The number of benzene rings is 1. The van der Waals surface area contributed by atoms with Crippen molar-refractivity contribution in [2.75, 3.05) is 39.4 Å². The van der Waals surface area contributed by atoms with Crippen LogP contribution in [0.1, 0.15) is 57.4 Å². The van der Waals surface area contributed by atoms with Crippen LogP contribution in [-0.2, 0) is 25.7 Å². The molecule has 1 aromatic rings. The van der Waals surface area contributed by atoms with Gasteiger partial charge in [-0.05, 0) is 50.3 Å². The molecule has 11 heteroatoms. The van der Waals surface area contributed by atoms with E-state index in [0.29, 0.717) is 58.4 Å². The molecule has 1 aromatic carbocycles. The quantitative estimate of drug-likeness (QED) is 0.486. The lowest BCUT2D eigenvalue weighted by atomic mass is 10.0. The molecule has 1 amide bonds. The minimum Gasteiger partial charge on any atom is -0.379 e. The van der Waals surface area contributed by atoms with Gasteiger partial charge in [-0.2, -0.15) is 17.5 Å². The van der Waals surface area contributed by atoms with E-state index in [2.05, 4.69) is 11.8 Å². The highest BCUT2D eigenvalue weighted by atomic mass is 32.2. The topological polar surface area (TPSA) is 70.2 Å². The average Bonchev–Trinajstić information content (AvgIpc) is 3.69. The van der Waals surface area contributed by atoms with Gasteiger partial charge in [0.2, 0.25) is 15.9 Å². The Morgan fingerprint density at radius 1 is 1.08 bits per heavy atom. The summed E-state index contributed by atoms with van der Waals surface area (Å²) in [5.41, 5.74) is -0.971. The van der Waals surface area contributed by atoms with E-state index in [9.17, 15) is 26.4 Å². The number of sulfonamides is 1. The van der Waals surface area contributed by atoms with Crippen molar-refractivity contribution >= 4 is 15.9 Å². The van der Waals surface area contributed by atoms with Crippen LogP contribution in [0.3, 0.4) is 0 Å². The van der Waals surface area contributed by atoms with Gasteiger partial charge in [-0.25, -0.2) is 8.42 Å². The Labute approximate surface area is 211 Å². The van der Waals surface area contributed by atoms with Crippen LogP contribution in [0.4, 0.5) is 13.2 Å². The first-order valence-corrected chi connectivity index (χ1v) is 14.4. The minimum absolute atomic E-state index is 0.0806. The van der Waals surface area contributed by atoms with Crippen LogP contribution in [0.5, 0.6) is 0 Å². The predicted molar refractivity (Wildman–Crippen MR) is 129 cm³/mol. The molecular formula is C25H36F3N3O4S. The molecule has 7 nitrogen and oxygen atoms in total. The number of likely N-dealkylation sites (tertiary alicyclic amines) is 1. The molecule has 0 bridgehead atoms. The third-order valence-corrected chi connectivity index (χ3v) is 9.42. The van der Waals surface area contributed by atoms with Crippen molar-refractivity contribution in [1.82, 2.24) is 14.1 Å². The van der Waals surface area contributed by atoms with Crippen molar-refractivity contribution in [3.63, 3.8) is 0 Å². The number of amides is 1. The largest absolute Gasteiger partial charge is 0.416 e. The van der Waals surface area contributed by atoms with Crippen LogP contribution >= 0.6 is 0 Å². The molecule has 0 N–H and O–H groups in total. The van der Waals surface area contributed by atoms with E-state index >= 15 is 0 Å². The minimum atomic E-state index is -4.61. The molecule has 3 fully saturated rings. The number of carbonyl (C=O) groups is 1. The van der Waals surface area contributed by atoms with Crippen LogP contribution in [0, 0.1) is 0 Å². The molecule has 4 rings (SSSR count). The van der Waals surface area contributed by atoms with Crippen LogP contribution < -0.4 is 0 Å². The average molecular weight is 532 g/mol. The molecule has 1 saturated carbocycles. The van der Waals surface area contributed by atoms with Gasteiger partial charge in [-0.1, -0.05) is 19.4 Å². The summed E-state index contributed by atoms with van der Waals surface area (Å²) in [6, 6.07) is 3.64. The number of piperidine rings is 1. The molecule has 3 aliphatic rings. The van der Waals surface area contributed by atoms with Gasteiger partial charge in [0.25, 0.3) is 0 Å². The van der Waals surface area contributed by atoms with E-state index in [0.717, 1.165) is 44.1 Å². The number of ether oxygens (including phenoxy) is 1. The Kier molecular flexibility index (Phi) is 8.63. The van der Waals surface area contributed by atoms with Crippen molar-refractivity contribution in [2.24, 2.45) is 0 Å². The molecule has 36 heavy (non-hydrogen) atoms. The van der Waals surface area contributed by atoms with Gasteiger partial charge in [0.05, 0.1) is 23.7 Å². The number of hydrogen-bond acceptors (Lipinski definition) is 5. The highest BCUT2D eigenvalue weighted by molar-refractivity contribution is 7.89. The van der Waals surface area contributed by atoms with Gasteiger partial charge >= 0.3 is 6.18 Å². The fourth-order valence-electron chi connectivity index (χ4n) is 5.36. The van der Waals surface area contributed by atoms with Crippen molar-refractivity contribution in [2.45, 2.75) is 81.1 Å². The van der Waals surface area contributed by atoms with Gasteiger partial charge < -0.3 is 9.64 Å². The summed E-state index contributed by atoms with van der Waals surface area (Å²) in [6.07, 6.45) is 0.123. The van der Waals surface area contributed by atoms with Gasteiger partial charge in [0.1, 0.15) is 0 Å². The Morgan fingerprint density at radius 3 is 2.31 bits per heavy atom. The van der Waals surface area contributed by atoms with Crippen LogP contribution in [0.2, 0.25) is 0 Å². The molecule has 1 unspecified atom stereocenters. The van der Waals surface area contributed by atoms with Crippen LogP contribution in [-0.4, -0.2) is 85.9 Å². The SMILES string of the molecule is CCCC(CC(=O)N1CCC(N(C2CC2)S(=O)(=O)c2cccc(C(F)(F)F)c2)CC1)N1CCOCC1. The highest BCUT2D eigenvalue weighted by Crippen LogP contribution is 2.38. The normalized spacial score (nSPS) is 21.6. The maximum Gasteiger partial charge on any atom is 0.416 e. The van der Waals surface area contributed by atoms with Crippen molar-refractivity contribution < 1.29 is 31.1 Å². The number of nitrogens with zero attached hydrogens (tertiary/aromatic N) is 3. The summed E-state index contributed by atoms with van der Waals surface area (Å²) in [5, 5.41) is 0. The Morgan fingerprint density at radius 2 is 1.72 bits per heavy atom. The van der Waals surface area contributed by atoms with E-state index in [-0.39, 0.29) is 28.9 Å². The molecule has 0 radical (unpaired) electrons. The maximum atomic E-state index is 13.5. The summed E-state index contributed by atoms with van der Waals surface area (Å²) < 4.78 is 73.4. The smallest absolute Gasteiger partial charge is 0.379 e. The fraction of sp³-hybridized carbons (Fsp3) is 0.720. The molecule has 1 atom stereocenters. The Hall–Kier alpha value is -1.69. The van der Waals surface area contributed by atoms with Gasteiger partial charge in [-0.3, -0.25) is 9.69 Å². The summed E-state index contributed by atoms with van der Waals surface area (Å²) in [6.45, 7) is 6.02. The van der Waals surface area contributed by atoms with Crippen LogP contribution in [0.25, 0.3) is 0 Å². The van der Waals surface area contributed by atoms with Crippen molar-refractivity contribution in [1.29, 1.82) is 0 Å². The second kappa shape index (κ2) is 11.4. The zero-order valence-electron chi connectivity index (χ0n) is 20.8. The number of hydrogen-bond donors (Lipinski definition) is 0. The molecule has 2 aliphatic heterocycles. The molecule has 1 aliphatic carbocycles. The van der Waals surface area contributed by atoms with E-state index in [1.54, 1.807) is 0 Å². The fourth-order valence-corrected chi connectivity index (χ4v) is 7.34. The number of alkyl halides is 3. The van der Waals surface area contributed by atoms with E-state index < -0.39 is 21.8 Å². The Balaban J connectivity index is 1.41. The van der Waals surface area contributed by atoms with Gasteiger partial charge in [-0.15, -0.1) is 0 Å². The number of morpholine rings is 1. The number of halogens is 3. The summed E-state index contributed by atoms with van der Waals surface area (Å²) in [5.74, 6) is 0.0806. The molecule has 202 valence electrons. The van der Waals surface area contributed by atoms with Crippen molar-refractivity contribution in [3.05, 3.63) is 29.8 Å². The lowest BCUT2D eigenvalue weighted by Gasteiger charge is -2.39. The predicted octanol–water partition coefficient (Wildman–Crippen LogP) is 3.74. The van der Waals surface area contributed by atoms with E-state index in [1.807, 2.05) is 4.90 Å². The zero-order valence-corrected chi connectivity index (χ0v) is 21.6. The summed E-state index contributed by atoms with van der Waals surface area (Å²) >= 11 is 0. The van der Waals surface area contributed by atoms with Gasteiger partial charge in [0, 0.05) is 50.7 Å². The molecular weight excluding hydrogens is 495 g/mol.